The van der Waals surface area contributed by atoms with Crippen molar-refractivity contribution in [3.63, 3.8) is 0 Å². The van der Waals surface area contributed by atoms with Gasteiger partial charge in [-0.1, -0.05) is 12.1 Å². The van der Waals surface area contributed by atoms with Gasteiger partial charge in [0, 0.05) is 25.6 Å². The molecule has 0 bridgehead atoms. The first-order valence-electron chi connectivity index (χ1n) is 5.37. The van der Waals surface area contributed by atoms with Crippen molar-refractivity contribution in [1.82, 2.24) is 0 Å². The van der Waals surface area contributed by atoms with Crippen LogP contribution in [0.2, 0.25) is 0 Å². The van der Waals surface area contributed by atoms with Crippen LogP contribution in [-0.2, 0) is 13.0 Å². The van der Waals surface area contributed by atoms with E-state index in [0.717, 1.165) is 16.9 Å². The summed E-state index contributed by atoms with van der Waals surface area (Å²) in [6.45, 7) is 3.06. The number of hydrogen-bond donors (Lipinski definition) is 2. The minimum atomic E-state index is 0.479. The number of nitrogens with two attached hydrogens (primary N) is 2. The first-order chi connectivity index (χ1) is 7.72. The fourth-order valence-corrected chi connectivity index (χ4v) is 1.55. The lowest BCUT2D eigenvalue weighted by atomic mass is 10.0. The van der Waals surface area contributed by atoms with E-state index in [-0.39, 0.29) is 0 Å². The zero-order valence-corrected chi connectivity index (χ0v) is 9.86. The van der Waals surface area contributed by atoms with Gasteiger partial charge in [0.1, 0.15) is 5.75 Å². The predicted molar refractivity (Wildman–Crippen MR) is 66.8 cm³/mol. The summed E-state index contributed by atoms with van der Waals surface area (Å²) < 4.78 is 5.56. The van der Waals surface area contributed by atoms with Crippen LogP contribution in [0.3, 0.4) is 0 Å². The van der Waals surface area contributed by atoms with Crippen molar-refractivity contribution in [3.05, 3.63) is 29.3 Å². The quantitative estimate of drug-likeness (QED) is 0.577. The first kappa shape index (κ1) is 12.5. The minimum Gasteiger partial charge on any atom is -0.494 e. The summed E-state index contributed by atoms with van der Waals surface area (Å²) in [6.07, 6.45) is 0.583. The topological polar surface area (TPSA) is 73.6 Å². The third-order valence-corrected chi connectivity index (χ3v) is 2.39. The highest BCUT2D eigenvalue weighted by Crippen LogP contribution is 2.23. The molecule has 0 unspecified atom stereocenters. The molecular formula is C12H19N3O. The molecule has 0 aliphatic rings. The lowest BCUT2D eigenvalue weighted by Crippen LogP contribution is -2.17. The Kier molecular flexibility index (Phi) is 4.79. The average Bonchev–Trinajstić information content (AvgIpc) is 2.31. The average molecular weight is 221 g/mol. The van der Waals surface area contributed by atoms with Crippen LogP contribution in [0.1, 0.15) is 18.1 Å². The fourth-order valence-electron chi connectivity index (χ4n) is 1.55. The zero-order chi connectivity index (χ0) is 12.0. The zero-order valence-electron chi connectivity index (χ0n) is 9.86. The molecule has 0 fully saturated rings. The molecule has 0 atom stereocenters. The molecule has 4 nitrogen and oxygen atoms in total. The summed E-state index contributed by atoms with van der Waals surface area (Å²) in [5, 5.41) is 0. The number of ether oxygens (including phenoxy) is 1. The van der Waals surface area contributed by atoms with Crippen molar-refractivity contribution in [2.45, 2.75) is 19.9 Å². The highest BCUT2D eigenvalue weighted by Gasteiger charge is 2.09. The van der Waals surface area contributed by atoms with Gasteiger partial charge in [0.05, 0.1) is 12.4 Å². The summed E-state index contributed by atoms with van der Waals surface area (Å²) in [7, 11) is 1.68. The summed E-state index contributed by atoms with van der Waals surface area (Å²) in [6, 6.07) is 5.86. The molecule has 1 rings (SSSR count). The Bertz CT molecular complexity index is 375. The van der Waals surface area contributed by atoms with Crippen molar-refractivity contribution < 1.29 is 4.74 Å². The van der Waals surface area contributed by atoms with Gasteiger partial charge < -0.3 is 16.2 Å². The van der Waals surface area contributed by atoms with Gasteiger partial charge in [-0.2, -0.15) is 0 Å². The number of benzene rings is 1. The van der Waals surface area contributed by atoms with Gasteiger partial charge >= 0.3 is 0 Å². The molecule has 1 aromatic rings. The Labute approximate surface area is 96.3 Å². The van der Waals surface area contributed by atoms with Crippen LogP contribution in [0.5, 0.6) is 5.75 Å². The number of hydrogen-bond acceptors (Lipinski definition) is 3. The Morgan fingerprint density at radius 2 is 2.19 bits per heavy atom. The molecule has 4 heteroatoms. The van der Waals surface area contributed by atoms with Crippen molar-refractivity contribution >= 4 is 5.84 Å². The van der Waals surface area contributed by atoms with E-state index in [1.54, 1.807) is 7.05 Å². The van der Waals surface area contributed by atoms with Crippen molar-refractivity contribution in [2.75, 3.05) is 13.7 Å². The Morgan fingerprint density at radius 1 is 1.44 bits per heavy atom. The fraction of sp³-hybridized carbons (Fsp3) is 0.417. The number of nitrogens with zero attached hydrogens (tertiary/aromatic N) is 1. The normalized spacial score (nSPS) is 11.6. The molecule has 0 saturated carbocycles. The summed E-state index contributed by atoms with van der Waals surface area (Å²) >= 11 is 0. The molecule has 16 heavy (non-hydrogen) atoms. The third-order valence-electron chi connectivity index (χ3n) is 2.39. The van der Waals surface area contributed by atoms with Crippen molar-refractivity contribution in [1.29, 1.82) is 0 Å². The van der Waals surface area contributed by atoms with E-state index in [2.05, 4.69) is 4.99 Å². The van der Waals surface area contributed by atoms with E-state index in [0.29, 0.717) is 25.4 Å². The Morgan fingerprint density at radius 3 is 2.75 bits per heavy atom. The number of aliphatic imine (C=N–C) groups is 1. The summed E-state index contributed by atoms with van der Waals surface area (Å²) in [4.78, 5) is 3.96. The standard InChI is InChI=1S/C12H19N3O/c1-3-16-11-6-4-5-9(8-13)10(11)7-12(14)15-2/h4-6H,3,7-8,13H2,1-2H3,(H2,14,15). The Balaban J connectivity index is 3.08. The molecular weight excluding hydrogens is 202 g/mol. The van der Waals surface area contributed by atoms with Gasteiger partial charge in [0.25, 0.3) is 0 Å². The maximum Gasteiger partial charge on any atom is 0.123 e. The van der Waals surface area contributed by atoms with E-state index < -0.39 is 0 Å². The number of amidine groups is 1. The minimum absolute atomic E-state index is 0.479. The molecule has 0 spiro atoms. The smallest absolute Gasteiger partial charge is 0.123 e. The van der Waals surface area contributed by atoms with E-state index in [4.69, 9.17) is 16.2 Å². The molecule has 0 saturated heterocycles. The molecule has 1 aromatic carbocycles. The SMILES string of the molecule is CCOc1cccc(CN)c1CC(N)=NC. The van der Waals surface area contributed by atoms with Crippen molar-refractivity contribution in [2.24, 2.45) is 16.5 Å². The highest BCUT2D eigenvalue weighted by atomic mass is 16.5. The molecule has 0 aromatic heterocycles. The monoisotopic (exact) mass is 221 g/mol. The van der Waals surface area contributed by atoms with Crippen molar-refractivity contribution in [3.8, 4) is 5.75 Å². The maximum absolute atomic E-state index is 5.75. The molecule has 0 heterocycles. The van der Waals surface area contributed by atoms with Crippen LogP contribution in [0, 0.1) is 0 Å². The highest BCUT2D eigenvalue weighted by molar-refractivity contribution is 5.83. The second-order valence-electron chi connectivity index (χ2n) is 3.42. The van der Waals surface area contributed by atoms with Gasteiger partial charge in [0.2, 0.25) is 0 Å². The summed E-state index contributed by atoms with van der Waals surface area (Å²) in [5.74, 6) is 1.43. The van der Waals surface area contributed by atoms with Gasteiger partial charge in [-0.25, -0.2) is 0 Å². The van der Waals surface area contributed by atoms with Crippen LogP contribution < -0.4 is 16.2 Å². The second kappa shape index (κ2) is 6.12. The first-order valence-corrected chi connectivity index (χ1v) is 5.37. The summed E-state index contributed by atoms with van der Waals surface area (Å²) in [5.41, 5.74) is 13.5. The second-order valence-corrected chi connectivity index (χ2v) is 3.42. The van der Waals surface area contributed by atoms with Crippen LogP contribution in [0.25, 0.3) is 0 Å². The van der Waals surface area contributed by atoms with Gasteiger partial charge in [-0.3, -0.25) is 4.99 Å². The van der Waals surface area contributed by atoms with Crippen LogP contribution in [0.4, 0.5) is 0 Å². The van der Waals surface area contributed by atoms with Gasteiger partial charge in [0.15, 0.2) is 0 Å². The predicted octanol–water partition coefficient (Wildman–Crippen LogP) is 1.07. The van der Waals surface area contributed by atoms with Gasteiger partial charge in [-0.05, 0) is 18.6 Å². The molecule has 0 radical (unpaired) electrons. The lowest BCUT2D eigenvalue weighted by molar-refractivity contribution is 0.337. The molecule has 0 aliphatic carbocycles. The van der Waals surface area contributed by atoms with Gasteiger partial charge in [-0.15, -0.1) is 0 Å². The third kappa shape index (κ3) is 2.97. The van der Waals surface area contributed by atoms with E-state index in [9.17, 15) is 0 Å². The molecule has 88 valence electrons. The van der Waals surface area contributed by atoms with E-state index >= 15 is 0 Å². The molecule has 0 aliphatic heterocycles. The number of rotatable bonds is 5. The maximum atomic E-state index is 5.75. The largest absolute Gasteiger partial charge is 0.494 e. The molecule has 4 N–H and O–H groups in total. The van der Waals surface area contributed by atoms with E-state index in [1.807, 2.05) is 25.1 Å². The lowest BCUT2D eigenvalue weighted by Gasteiger charge is -2.13. The molecule has 0 amide bonds. The van der Waals surface area contributed by atoms with Crippen LogP contribution in [-0.4, -0.2) is 19.5 Å². The van der Waals surface area contributed by atoms with Crippen LogP contribution >= 0.6 is 0 Å². The van der Waals surface area contributed by atoms with E-state index in [1.165, 1.54) is 0 Å². The van der Waals surface area contributed by atoms with Crippen LogP contribution in [0.15, 0.2) is 23.2 Å². The Hall–Kier alpha value is -1.55.